The first kappa shape index (κ1) is 30.2. The molecule has 0 spiro atoms. The number of nitrogens with one attached hydrogen (secondary N) is 1. The molecule has 1 atom stereocenters. The first-order valence-corrected chi connectivity index (χ1v) is 16.4. The summed E-state index contributed by atoms with van der Waals surface area (Å²) >= 11 is 1.64. The molecule has 1 fully saturated rings. The van der Waals surface area contributed by atoms with Crippen LogP contribution in [0.3, 0.4) is 0 Å². The molecule has 1 amide bonds. The molecule has 2 aliphatic rings. The maximum Gasteiger partial charge on any atom is 0.253 e. The molecule has 1 unspecified atom stereocenters. The van der Waals surface area contributed by atoms with Gasteiger partial charge in [-0.1, -0.05) is 36.9 Å². The number of fused-ring (bicyclic) bond motifs is 2. The first-order valence-electron chi connectivity index (χ1n) is 15.6. The SMILES string of the molecule is CCCN1CCN(C(=O)c2ccc(-c3ccc(F)c(OCc4cc(OC)cc5oc(-c6cn7c(n6)SC(C)N7)cc45)c3)cc2)CC1. The second-order valence-corrected chi connectivity index (χ2v) is 12.9. The Bertz CT molecular complexity index is 1860. The largest absolute Gasteiger partial charge is 0.497 e. The molecule has 1 saturated heterocycles. The highest BCUT2D eigenvalue weighted by Gasteiger charge is 2.24. The fourth-order valence-corrected chi connectivity index (χ4v) is 6.87. The molecule has 0 radical (unpaired) electrons. The molecule has 2 aromatic heterocycles. The Morgan fingerprint density at radius 2 is 1.85 bits per heavy atom. The third-order valence-electron chi connectivity index (χ3n) is 8.44. The number of ether oxygens (including phenoxy) is 2. The van der Waals surface area contributed by atoms with Gasteiger partial charge in [0.25, 0.3) is 5.91 Å². The van der Waals surface area contributed by atoms with Gasteiger partial charge in [0.05, 0.1) is 18.7 Å². The van der Waals surface area contributed by atoms with Crippen molar-refractivity contribution in [3.8, 4) is 34.1 Å². The highest BCUT2D eigenvalue weighted by Crippen LogP contribution is 2.36. The number of methoxy groups -OCH3 is 1. The number of carbonyl (C=O) groups excluding carboxylic acids is 1. The lowest BCUT2D eigenvalue weighted by Gasteiger charge is -2.34. The summed E-state index contributed by atoms with van der Waals surface area (Å²) in [7, 11) is 1.59. The number of hydrogen-bond acceptors (Lipinski definition) is 8. The van der Waals surface area contributed by atoms with Crippen molar-refractivity contribution in [3.63, 3.8) is 0 Å². The molecule has 0 bridgehead atoms. The van der Waals surface area contributed by atoms with Gasteiger partial charge >= 0.3 is 0 Å². The minimum atomic E-state index is -0.462. The summed E-state index contributed by atoms with van der Waals surface area (Å²) in [6.07, 6.45) is 3.03. The van der Waals surface area contributed by atoms with Gasteiger partial charge in [0.2, 0.25) is 0 Å². The van der Waals surface area contributed by atoms with Crippen LogP contribution in [0.1, 0.15) is 36.2 Å². The Morgan fingerprint density at radius 3 is 2.59 bits per heavy atom. The summed E-state index contributed by atoms with van der Waals surface area (Å²) < 4.78 is 34.7. The number of carbonyl (C=O) groups is 1. The second-order valence-electron chi connectivity index (χ2n) is 11.6. The Labute approximate surface area is 271 Å². The third-order valence-corrected chi connectivity index (χ3v) is 9.40. The van der Waals surface area contributed by atoms with Gasteiger partial charge in [-0.25, -0.2) is 14.1 Å². The maximum atomic E-state index is 15.0. The zero-order chi connectivity index (χ0) is 31.8. The number of halogens is 1. The highest BCUT2D eigenvalue weighted by molar-refractivity contribution is 8.00. The summed E-state index contributed by atoms with van der Waals surface area (Å²) in [6, 6.07) is 17.9. The van der Waals surface area contributed by atoms with E-state index >= 15 is 0 Å². The van der Waals surface area contributed by atoms with E-state index in [-0.39, 0.29) is 23.6 Å². The number of aromatic nitrogens is 2. The highest BCUT2D eigenvalue weighted by atomic mass is 32.2. The molecule has 4 heterocycles. The number of piperazine rings is 1. The third kappa shape index (κ3) is 6.04. The number of rotatable bonds is 9. The van der Waals surface area contributed by atoms with Crippen LogP contribution in [0.4, 0.5) is 4.39 Å². The number of nitrogens with zero attached hydrogens (tertiary/aromatic N) is 4. The van der Waals surface area contributed by atoms with Gasteiger partial charge in [-0.3, -0.25) is 9.69 Å². The number of thioether (sulfide) groups is 1. The van der Waals surface area contributed by atoms with E-state index in [1.807, 2.05) is 58.2 Å². The summed E-state index contributed by atoms with van der Waals surface area (Å²) in [5.41, 5.74) is 7.76. The molecular formula is C35H36FN5O4S. The Morgan fingerprint density at radius 1 is 1.07 bits per heavy atom. The number of hydrogen-bond donors (Lipinski definition) is 1. The molecule has 2 aliphatic heterocycles. The van der Waals surface area contributed by atoms with E-state index in [0.717, 1.165) is 66.4 Å². The number of amides is 1. The van der Waals surface area contributed by atoms with Crippen molar-refractivity contribution in [2.24, 2.45) is 0 Å². The van der Waals surface area contributed by atoms with E-state index in [1.54, 1.807) is 31.0 Å². The van der Waals surface area contributed by atoms with Crippen LogP contribution in [0.5, 0.6) is 11.5 Å². The Kier molecular flexibility index (Phi) is 8.35. The summed E-state index contributed by atoms with van der Waals surface area (Å²) in [6.45, 7) is 8.70. The van der Waals surface area contributed by atoms with Crippen LogP contribution in [-0.4, -0.2) is 70.6 Å². The fraction of sp³-hybridized carbons (Fsp3) is 0.314. The van der Waals surface area contributed by atoms with Crippen LogP contribution in [0.2, 0.25) is 0 Å². The van der Waals surface area contributed by atoms with Crippen LogP contribution in [-0.2, 0) is 6.61 Å². The molecular weight excluding hydrogens is 605 g/mol. The van der Waals surface area contributed by atoms with Crippen molar-refractivity contribution in [2.75, 3.05) is 45.3 Å². The molecule has 9 nitrogen and oxygen atoms in total. The van der Waals surface area contributed by atoms with Crippen LogP contribution in [0, 0.1) is 5.82 Å². The van der Waals surface area contributed by atoms with Crippen molar-refractivity contribution < 1.29 is 23.1 Å². The van der Waals surface area contributed by atoms with Crippen LogP contribution < -0.4 is 14.9 Å². The lowest BCUT2D eigenvalue weighted by atomic mass is 10.0. The molecule has 0 aliphatic carbocycles. The molecule has 7 rings (SSSR count). The van der Waals surface area contributed by atoms with Gasteiger partial charge in [-0.2, -0.15) is 0 Å². The average molecular weight is 642 g/mol. The fourth-order valence-electron chi connectivity index (χ4n) is 6.01. The van der Waals surface area contributed by atoms with Crippen LogP contribution in [0.15, 0.2) is 76.4 Å². The molecule has 238 valence electrons. The predicted octanol–water partition coefficient (Wildman–Crippen LogP) is 6.85. The summed E-state index contributed by atoms with van der Waals surface area (Å²) in [5, 5.41) is 1.97. The van der Waals surface area contributed by atoms with Gasteiger partial charge in [-0.15, -0.1) is 0 Å². The van der Waals surface area contributed by atoms with E-state index in [1.165, 1.54) is 6.07 Å². The van der Waals surface area contributed by atoms with E-state index in [9.17, 15) is 9.18 Å². The van der Waals surface area contributed by atoms with E-state index in [0.29, 0.717) is 28.4 Å². The van der Waals surface area contributed by atoms with E-state index in [4.69, 9.17) is 18.9 Å². The molecule has 5 aromatic rings. The van der Waals surface area contributed by atoms with Gasteiger partial charge in [0, 0.05) is 48.8 Å². The van der Waals surface area contributed by atoms with Crippen molar-refractivity contribution >= 4 is 28.6 Å². The predicted molar refractivity (Wildman–Crippen MR) is 177 cm³/mol. The lowest BCUT2D eigenvalue weighted by Crippen LogP contribution is -2.48. The Balaban J connectivity index is 1.07. The number of imidazole rings is 1. The van der Waals surface area contributed by atoms with Crippen LogP contribution in [0.25, 0.3) is 33.6 Å². The Hall–Kier alpha value is -4.48. The minimum Gasteiger partial charge on any atom is -0.497 e. The number of benzene rings is 3. The van der Waals surface area contributed by atoms with Gasteiger partial charge in [-0.05, 0) is 67.4 Å². The van der Waals surface area contributed by atoms with Crippen LogP contribution >= 0.6 is 11.8 Å². The number of furan rings is 1. The smallest absolute Gasteiger partial charge is 0.253 e. The summed E-state index contributed by atoms with van der Waals surface area (Å²) in [5.74, 6) is 0.939. The van der Waals surface area contributed by atoms with Gasteiger partial charge in [0.15, 0.2) is 22.5 Å². The minimum absolute atomic E-state index is 0.0417. The molecule has 3 aromatic carbocycles. The van der Waals surface area contributed by atoms with Gasteiger partial charge < -0.3 is 24.2 Å². The van der Waals surface area contributed by atoms with Crippen molar-refractivity contribution in [2.45, 2.75) is 37.4 Å². The normalized spacial score (nSPS) is 16.4. The zero-order valence-electron chi connectivity index (χ0n) is 26.1. The van der Waals surface area contributed by atoms with Gasteiger partial charge in [0.1, 0.15) is 23.6 Å². The molecule has 0 saturated carbocycles. The second kappa shape index (κ2) is 12.7. The van der Waals surface area contributed by atoms with Crippen molar-refractivity contribution in [1.29, 1.82) is 0 Å². The van der Waals surface area contributed by atoms with E-state index in [2.05, 4.69) is 24.2 Å². The van der Waals surface area contributed by atoms with Crippen molar-refractivity contribution in [1.82, 2.24) is 19.5 Å². The first-order chi connectivity index (χ1) is 22.4. The monoisotopic (exact) mass is 641 g/mol. The maximum absolute atomic E-state index is 15.0. The molecule has 11 heteroatoms. The zero-order valence-corrected chi connectivity index (χ0v) is 26.9. The molecule has 1 N–H and O–H groups in total. The quantitative estimate of drug-likeness (QED) is 0.187. The topological polar surface area (TPSA) is 85.0 Å². The van der Waals surface area contributed by atoms with Crippen molar-refractivity contribution in [3.05, 3.63) is 83.8 Å². The van der Waals surface area contributed by atoms with E-state index < -0.39 is 5.82 Å². The summed E-state index contributed by atoms with van der Waals surface area (Å²) in [4.78, 5) is 22.1. The average Bonchev–Trinajstić information content (AvgIpc) is 3.77. The lowest BCUT2D eigenvalue weighted by molar-refractivity contribution is 0.0637. The standard InChI is InChI=1S/C35H36FN5O4S/c1-4-11-39-12-14-40(15-13-39)34(42)24-7-5-23(6-8-24)25-9-10-29(36)32(17-25)44-21-26-16-27(43-3)18-31-28(26)19-33(45-31)30-20-41-35(37-30)46-22(2)38-41/h5-10,16-20,22,38H,4,11-15,21H2,1-3H3. The molecule has 46 heavy (non-hydrogen) atoms.